The van der Waals surface area contributed by atoms with Crippen LogP contribution in [0.3, 0.4) is 0 Å². The number of benzene rings is 2. The molecule has 0 bridgehead atoms. The maximum absolute atomic E-state index is 13.8. The molecule has 30 heavy (non-hydrogen) atoms. The van der Waals surface area contributed by atoms with Crippen molar-refractivity contribution in [3.8, 4) is 0 Å². The summed E-state index contributed by atoms with van der Waals surface area (Å²) >= 11 is 0. The Labute approximate surface area is 178 Å². The van der Waals surface area contributed by atoms with Crippen LogP contribution in [-0.4, -0.2) is 18.1 Å². The molecule has 0 aromatic heterocycles. The Balaban J connectivity index is 2.43. The summed E-state index contributed by atoms with van der Waals surface area (Å²) in [5.74, 6) is -0.391. The van der Waals surface area contributed by atoms with Gasteiger partial charge < -0.3 is 14.4 Å². The number of non-ortho nitro benzene ring substituents is 1. The second-order valence-corrected chi connectivity index (χ2v) is 9.49. The summed E-state index contributed by atoms with van der Waals surface area (Å²) in [5, 5.41) is 14.3. The van der Waals surface area contributed by atoms with E-state index in [0.717, 1.165) is 5.69 Å². The maximum Gasteiger partial charge on any atom is 0.357 e. The van der Waals surface area contributed by atoms with Gasteiger partial charge in [0.15, 0.2) is 5.78 Å². The molecular formula is C22H31N2O5P. The highest BCUT2D eigenvalue weighted by molar-refractivity contribution is 7.54. The first-order valence-electron chi connectivity index (χ1n) is 10.3. The molecular weight excluding hydrogens is 403 g/mol. The molecule has 1 N–H and O–H groups in total. The van der Waals surface area contributed by atoms with E-state index in [0.29, 0.717) is 37.5 Å². The van der Waals surface area contributed by atoms with E-state index in [1.807, 2.05) is 38.1 Å². The van der Waals surface area contributed by atoms with E-state index in [2.05, 4.69) is 19.2 Å². The van der Waals surface area contributed by atoms with Gasteiger partial charge in [-0.15, -0.1) is 0 Å². The van der Waals surface area contributed by atoms with Crippen LogP contribution in [-0.2, 0) is 13.6 Å². The second-order valence-electron chi connectivity index (χ2n) is 7.38. The topological polar surface area (TPSA) is 90.7 Å². The van der Waals surface area contributed by atoms with Crippen LogP contribution in [0.4, 0.5) is 11.4 Å². The minimum atomic E-state index is -3.60. The van der Waals surface area contributed by atoms with Crippen LogP contribution in [0.15, 0.2) is 48.5 Å². The normalized spacial score (nSPS) is 12.7. The summed E-state index contributed by atoms with van der Waals surface area (Å²) in [6.07, 6.45) is 1.38. The summed E-state index contributed by atoms with van der Waals surface area (Å²) in [7, 11) is -3.60. The summed E-state index contributed by atoms with van der Waals surface area (Å²) in [6, 6.07) is 13.9. The van der Waals surface area contributed by atoms with Gasteiger partial charge in [-0.1, -0.05) is 39.8 Å². The zero-order chi connectivity index (χ0) is 22.1. The highest BCUT2D eigenvalue weighted by Crippen LogP contribution is 2.61. The molecule has 164 valence electrons. The van der Waals surface area contributed by atoms with E-state index in [1.54, 1.807) is 12.1 Å². The summed E-state index contributed by atoms with van der Waals surface area (Å²) < 4.78 is 25.3. The van der Waals surface area contributed by atoms with Gasteiger partial charge in [-0.3, -0.25) is 14.7 Å². The molecule has 0 unspecified atom stereocenters. The molecule has 0 heterocycles. The second kappa shape index (κ2) is 11.3. The van der Waals surface area contributed by atoms with E-state index in [1.165, 1.54) is 17.7 Å². The number of nitrogens with one attached hydrogen (secondary N) is 1. The number of anilines is 1. The van der Waals surface area contributed by atoms with Crippen molar-refractivity contribution < 1.29 is 18.5 Å². The molecule has 2 aromatic rings. The number of nitro benzene ring substituents is 1. The van der Waals surface area contributed by atoms with Crippen LogP contribution in [0.25, 0.3) is 0 Å². The van der Waals surface area contributed by atoms with Crippen molar-refractivity contribution in [2.75, 3.05) is 18.5 Å². The van der Waals surface area contributed by atoms with Gasteiger partial charge in [0.1, 0.15) is 0 Å². The third-order valence-electron chi connectivity index (χ3n) is 4.57. The Morgan fingerprint density at radius 3 is 1.87 bits per heavy atom. The average Bonchev–Trinajstić information content (AvgIpc) is 2.75. The Morgan fingerprint density at radius 2 is 1.43 bits per heavy atom. The zero-order valence-electron chi connectivity index (χ0n) is 18.0. The van der Waals surface area contributed by atoms with Crippen LogP contribution in [0.1, 0.15) is 63.4 Å². The lowest BCUT2D eigenvalue weighted by molar-refractivity contribution is -0.384. The molecule has 1 atom stereocenters. The molecule has 8 heteroatoms. The third-order valence-corrected chi connectivity index (χ3v) is 6.71. The van der Waals surface area contributed by atoms with Gasteiger partial charge >= 0.3 is 7.60 Å². The van der Waals surface area contributed by atoms with Gasteiger partial charge in [-0.05, 0) is 54.2 Å². The molecule has 2 aromatic carbocycles. The van der Waals surface area contributed by atoms with Gasteiger partial charge in [0.2, 0.25) is 0 Å². The SMILES string of the molecule is CCCOP(=O)(OCCC)[C@@H](Nc1ccc(C(C)C)cc1)c1ccc([N+](=O)[O-])cc1. The molecule has 0 fully saturated rings. The van der Waals surface area contributed by atoms with Gasteiger partial charge in [0.25, 0.3) is 5.69 Å². The quantitative estimate of drug-likeness (QED) is 0.223. The molecule has 0 radical (unpaired) electrons. The van der Waals surface area contributed by atoms with Crippen LogP contribution in [0, 0.1) is 10.1 Å². The predicted octanol–water partition coefficient (Wildman–Crippen LogP) is 6.88. The van der Waals surface area contributed by atoms with Crippen molar-refractivity contribution in [1.29, 1.82) is 0 Å². The van der Waals surface area contributed by atoms with E-state index >= 15 is 0 Å². The average molecular weight is 434 g/mol. The molecule has 0 aliphatic heterocycles. The fourth-order valence-corrected chi connectivity index (χ4v) is 4.96. The van der Waals surface area contributed by atoms with Crippen molar-refractivity contribution in [1.82, 2.24) is 0 Å². The molecule has 2 rings (SSSR count). The first-order valence-corrected chi connectivity index (χ1v) is 11.9. The summed E-state index contributed by atoms with van der Waals surface area (Å²) in [5.41, 5.74) is 2.53. The predicted molar refractivity (Wildman–Crippen MR) is 120 cm³/mol. The van der Waals surface area contributed by atoms with Gasteiger partial charge in [-0.2, -0.15) is 0 Å². The van der Waals surface area contributed by atoms with Crippen molar-refractivity contribution in [2.45, 2.75) is 52.2 Å². The smallest absolute Gasteiger partial charge is 0.357 e. The fraction of sp³-hybridized carbons (Fsp3) is 0.455. The van der Waals surface area contributed by atoms with Crippen molar-refractivity contribution in [3.63, 3.8) is 0 Å². The first-order chi connectivity index (χ1) is 14.3. The van der Waals surface area contributed by atoms with E-state index in [4.69, 9.17) is 9.05 Å². The van der Waals surface area contributed by atoms with Crippen molar-refractivity contribution >= 4 is 19.0 Å². The van der Waals surface area contributed by atoms with Gasteiger partial charge in [-0.25, -0.2) is 0 Å². The molecule has 0 saturated heterocycles. The standard InChI is InChI=1S/C22H31N2O5P/c1-5-15-28-30(27,29-16-6-2)22(19-9-13-21(14-10-19)24(25)26)23-20-11-7-18(8-12-20)17(3)4/h7-14,17,22-23H,5-6,15-16H2,1-4H3/t22-/m1/s1. The first kappa shape index (κ1) is 24.1. The molecule has 0 aliphatic rings. The third kappa shape index (κ3) is 6.39. The lowest BCUT2D eigenvalue weighted by atomic mass is 10.0. The lowest BCUT2D eigenvalue weighted by Crippen LogP contribution is -2.16. The lowest BCUT2D eigenvalue weighted by Gasteiger charge is -2.29. The van der Waals surface area contributed by atoms with Crippen LogP contribution < -0.4 is 5.32 Å². The number of nitro groups is 1. The maximum atomic E-state index is 13.8. The number of hydrogen-bond acceptors (Lipinski definition) is 6. The molecule has 0 spiro atoms. The summed E-state index contributed by atoms with van der Waals surface area (Å²) in [6.45, 7) is 8.68. The molecule has 0 amide bonds. The van der Waals surface area contributed by atoms with Gasteiger partial charge in [0, 0.05) is 17.8 Å². The molecule has 7 nitrogen and oxygen atoms in total. The Morgan fingerprint density at radius 1 is 0.933 bits per heavy atom. The monoisotopic (exact) mass is 434 g/mol. The minimum absolute atomic E-state index is 0.0300. The number of nitrogens with zero attached hydrogens (tertiary/aromatic N) is 1. The Kier molecular flexibility index (Phi) is 9.03. The minimum Gasteiger partial charge on any atom is -0.368 e. The van der Waals surface area contributed by atoms with Crippen LogP contribution in [0.2, 0.25) is 0 Å². The highest BCUT2D eigenvalue weighted by atomic mass is 31.2. The number of hydrogen-bond donors (Lipinski definition) is 1. The highest BCUT2D eigenvalue weighted by Gasteiger charge is 2.37. The van der Waals surface area contributed by atoms with E-state index < -0.39 is 18.3 Å². The largest absolute Gasteiger partial charge is 0.368 e. The van der Waals surface area contributed by atoms with Gasteiger partial charge in [0.05, 0.1) is 18.1 Å². The fourth-order valence-electron chi connectivity index (χ4n) is 2.87. The molecule has 0 aliphatic carbocycles. The van der Waals surface area contributed by atoms with Crippen molar-refractivity contribution in [3.05, 3.63) is 69.8 Å². The Bertz CT molecular complexity index is 841. The van der Waals surface area contributed by atoms with Crippen molar-refractivity contribution in [2.24, 2.45) is 0 Å². The number of rotatable bonds is 12. The van der Waals surface area contributed by atoms with Crippen LogP contribution in [0.5, 0.6) is 0 Å². The molecule has 0 saturated carbocycles. The zero-order valence-corrected chi connectivity index (χ0v) is 18.9. The summed E-state index contributed by atoms with van der Waals surface area (Å²) in [4.78, 5) is 10.6. The Hall–Kier alpha value is -2.21. The van der Waals surface area contributed by atoms with E-state index in [9.17, 15) is 14.7 Å². The van der Waals surface area contributed by atoms with E-state index in [-0.39, 0.29) is 5.69 Å². The van der Waals surface area contributed by atoms with Crippen LogP contribution >= 0.6 is 7.60 Å².